The molecule has 22 heavy (non-hydrogen) atoms. The van der Waals surface area contributed by atoms with Crippen LogP contribution in [-0.4, -0.2) is 62.5 Å². The zero-order chi connectivity index (χ0) is 16.4. The summed E-state index contributed by atoms with van der Waals surface area (Å²) in [7, 11) is 5.25. The van der Waals surface area contributed by atoms with Crippen LogP contribution in [-0.2, 0) is 14.3 Å². The van der Waals surface area contributed by atoms with Gasteiger partial charge in [0.05, 0.1) is 13.5 Å². The lowest BCUT2D eigenvalue weighted by Crippen LogP contribution is -2.37. The van der Waals surface area contributed by atoms with E-state index in [1.165, 1.54) is 7.11 Å². The Morgan fingerprint density at radius 3 is 2.36 bits per heavy atom. The molecule has 0 radical (unpaired) electrons. The highest BCUT2D eigenvalue weighted by Gasteiger charge is 2.13. The van der Waals surface area contributed by atoms with E-state index in [-0.39, 0.29) is 18.3 Å². The van der Waals surface area contributed by atoms with Gasteiger partial charge < -0.3 is 14.5 Å². The molecule has 1 rings (SSSR count). The Labute approximate surface area is 132 Å². The Bertz CT molecular complexity index is 498. The van der Waals surface area contributed by atoms with E-state index in [1.807, 2.05) is 49.3 Å². The molecule has 5 heteroatoms. The lowest BCUT2D eigenvalue weighted by atomic mass is 10.2. The fraction of sp³-hybridized carbons (Fsp3) is 0.412. The van der Waals surface area contributed by atoms with Gasteiger partial charge in [0.15, 0.2) is 0 Å². The Balaban J connectivity index is 2.65. The fourth-order valence-corrected chi connectivity index (χ4v) is 1.82. The SMILES string of the molecule is COC(=O)CCN(CCN(C)C)C(=O)/C=C/c1ccccc1. The largest absolute Gasteiger partial charge is 0.469 e. The number of hydrogen-bond donors (Lipinski definition) is 0. The maximum Gasteiger partial charge on any atom is 0.307 e. The van der Waals surface area contributed by atoms with E-state index in [0.717, 1.165) is 12.1 Å². The second kappa shape index (κ2) is 9.73. The van der Waals surface area contributed by atoms with Gasteiger partial charge in [-0.3, -0.25) is 9.59 Å². The Morgan fingerprint density at radius 2 is 1.77 bits per heavy atom. The van der Waals surface area contributed by atoms with Crippen molar-refractivity contribution in [1.29, 1.82) is 0 Å². The molecule has 5 nitrogen and oxygen atoms in total. The van der Waals surface area contributed by atoms with E-state index in [2.05, 4.69) is 4.74 Å². The number of esters is 1. The minimum absolute atomic E-state index is 0.102. The topological polar surface area (TPSA) is 49.9 Å². The molecule has 0 heterocycles. The molecule has 1 amide bonds. The van der Waals surface area contributed by atoms with Crippen LogP contribution >= 0.6 is 0 Å². The van der Waals surface area contributed by atoms with Crippen LogP contribution in [0, 0.1) is 0 Å². The van der Waals surface area contributed by atoms with E-state index < -0.39 is 0 Å². The molecule has 1 aromatic carbocycles. The molecule has 0 aromatic heterocycles. The van der Waals surface area contributed by atoms with Gasteiger partial charge in [-0.2, -0.15) is 0 Å². The summed E-state index contributed by atoms with van der Waals surface area (Å²) in [5.41, 5.74) is 0.969. The van der Waals surface area contributed by atoms with Gasteiger partial charge in [-0.15, -0.1) is 0 Å². The van der Waals surface area contributed by atoms with E-state index >= 15 is 0 Å². The van der Waals surface area contributed by atoms with Crippen molar-refractivity contribution >= 4 is 18.0 Å². The predicted octanol–water partition coefficient (Wildman–Crippen LogP) is 1.65. The van der Waals surface area contributed by atoms with Crippen LogP contribution in [0.15, 0.2) is 36.4 Å². The maximum absolute atomic E-state index is 12.3. The van der Waals surface area contributed by atoms with Crippen molar-refractivity contribution in [2.24, 2.45) is 0 Å². The lowest BCUT2D eigenvalue weighted by Gasteiger charge is -2.22. The first-order valence-corrected chi connectivity index (χ1v) is 7.26. The summed E-state index contributed by atoms with van der Waals surface area (Å²) in [5.74, 6) is -0.413. The normalized spacial score (nSPS) is 10.9. The number of amides is 1. The highest BCUT2D eigenvalue weighted by molar-refractivity contribution is 5.92. The number of carbonyl (C=O) groups excluding carboxylic acids is 2. The second-order valence-electron chi connectivity index (χ2n) is 5.20. The molecule has 0 N–H and O–H groups in total. The number of benzene rings is 1. The minimum atomic E-state index is -0.310. The third-order valence-electron chi connectivity index (χ3n) is 3.16. The molecule has 0 aliphatic carbocycles. The summed E-state index contributed by atoms with van der Waals surface area (Å²) in [6.07, 6.45) is 3.53. The molecule has 0 unspecified atom stereocenters. The van der Waals surface area contributed by atoms with Crippen molar-refractivity contribution < 1.29 is 14.3 Å². The zero-order valence-electron chi connectivity index (χ0n) is 13.5. The van der Waals surface area contributed by atoms with Crippen molar-refractivity contribution in [2.45, 2.75) is 6.42 Å². The van der Waals surface area contributed by atoms with Crippen LogP contribution in [0.25, 0.3) is 6.08 Å². The van der Waals surface area contributed by atoms with Gasteiger partial charge in [-0.05, 0) is 25.7 Å². The fourth-order valence-electron chi connectivity index (χ4n) is 1.82. The number of ether oxygens (including phenoxy) is 1. The van der Waals surface area contributed by atoms with Gasteiger partial charge in [0.2, 0.25) is 5.91 Å². The van der Waals surface area contributed by atoms with Gasteiger partial charge >= 0.3 is 5.97 Å². The number of likely N-dealkylation sites (N-methyl/N-ethyl adjacent to an activating group) is 1. The van der Waals surface area contributed by atoms with E-state index in [4.69, 9.17) is 0 Å². The average molecular weight is 304 g/mol. The molecule has 1 aromatic rings. The van der Waals surface area contributed by atoms with Crippen LogP contribution in [0.5, 0.6) is 0 Å². The van der Waals surface area contributed by atoms with E-state index in [0.29, 0.717) is 13.1 Å². The maximum atomic E-state index is 12.3. The van der Waals surface area contributed by atoms with Crippen molar-refractivity contribution in [1.82, 2.24) is 9.80 Å². The van der Waals surface area contributed by atoms with Crippen molar-refractivity contribution in [3.8, 4) is 0 Å². The standard InChI is InChI=1S/C17H24N2O3/c1-18(2)13-14-19(12-11-17(21)22-3)16(20)10-9-15-7-5-4-6-8-15/h4-10H,11-14H2,1-3H3/b10-9+. The van der Waals surface area contributed by atoms with Gasteiger partial charge in [0, 0.05) is 25.7 Å². The molecule has 0 aliphatic rings. The minimum Gasteiger partial charge on any atom is -0.469 e. The first-order valence-electron chi connectivity index (χ1n) is 7.26. The first kappa shape index (κ1) is 17.9. The Morgan fingerprint density at radius 1 is 1.09 bits per heavy atom. The summed E-state index contributed by atoms with van der Waals surface area (Å²) >= 11 is 0. The smallest absolute Gasteiger partial charge is 0.307 e. The number of hydrogen-bond acceptors (Lipinski definition) is 4. The van der Waals surface area contributed by atoms with Crippen LogP contribution in [0.3, 0.4) is 0 Å². The Kier molecular flexibility index (Phi) is 7.92. The highest BCUT2D eigenvalue weighted by Crippen LogP contribution is 2.03. The van der Waals surface area contributed by atoms with Crippen LogP contribution in [0.4, 0.5) is 0 Å². The quantitative estimate of drug-likeness (QED) is 0.541. The third kappa shape index (κ3) is 7.04. The van der Waals surface area contributed by atoms with Gasteiger partial charge in [-0.1, -0.05) is 30.3 Å². The van der Waals surface area contributed by atoms with Crippen molar-refractivity contribution in [2.75, 3.05) is 40.8 Å². The number of methoxy groups -OCH3 is 1. The van der Waals surface area contributed by atoms with Gasteiger partial charge in [0.1, 0.15) is 0 Å². The number of rotatable bonds is 8. The van der Waals surface area contributed by atoms with Crippen LogP contribution in [0.1, 0.15) is 12.0 Å². The monoisotopic (exact) mass is 304 g/mol. The zero-order valence-corrected chi connectivity index (χ0v) is 13.5. The van der Waals surface area contributed by atoms with Crippen LogP contribution < -0.4 is 0 Å². The number of carbonyl (C=O) groups is 2. The third-order valence-corrected chi connectivity index (χ3v) is 3.16. The lowest BCUT2D eigenvalue weighted by molar-refractivity contribution is -0.141. The number of nitrogens with zero attached hydrogens (tertiary/aromatic N) is 2. The molecular formula is C17H24N2O3. The second-order valence-corrected chi connectivity index (χ2v) is 5.20. The molecule has 0 saturated carbocycles. The van der Waals surface area contributed by atoms with Gasteiger partial charge in [-0.25, -0.2) is 0 Å². The van der Waals surface area contributed by atoms with Crippen molar-refractivity contribution in [3.05, 3.63) is 42.0 Å². The average Bonchev–Trinajstić information content (AvgIpc) is 2.53. The van der Waals surface area contributed by atoms with E-state index in [1.54, 1.807) is 17.1 Å². The molecule has 0 aliphatic heterocycles. The molecule has 0 fully saturated rings. The summed E-state index contributed by atoms with van der Waals surface area (Å²) in [5, 5.41) is 0. The molecule has 0 spiro atoms. The molecule has 0 bridgehead atoms. The molecular weight excluding hydrogens is 280 g/mol. The molecule has 0 atom stereocenters. The summed E-state index contributed by atoms with van der Waals surface area (Å²) in [6, 6.07) is 9.64. The predicted molar refractivity (Wildman–Crippen MR) is 87.2 cm³/mol. The molecule has 0 saturated heterocycles. The first-order chi connectivity index (χ1) is 10.5. The van der Waals surface area contributed by atoms with Crippen LogP contribution in [0.2, 0.25) is 0 Å². The summed E-state index contributed by atoms with van der Waals surface area (Å²) in [6.45, 7) is 1.67. The molecule has 120 valence electrons. The van der Waals surface area contributed by atoms with Crippen molar-refractivity contribution in [3.63, 3.8) is 0 Å². The highest BCUT2D eigenvalue weighted by atomic mass is 16.5. The van der Waals surface area contributed by atoms with E-state index in [9.17, 15) is 9.59 Å². The summed E-state index contributed by atoms with van der Waals surface area (Å²) in [4.78, 5) is 27.2. The van der Waals surface area contributed by atoms with Gasteiger partial charge in [0.25, 0.3) is 0 Å². The summed E-state index contributed by atoms with van der Waals surface area (Å²) < 4.78 is 4.63. The Hall–Kier alpha value is -2.14.